The topological polar surface area (TPSA) is 77.6 Å². The van der Waals surface area contributed by atoms with E-state index < -0.39 is 0 Å². The number of hydrazine groups is 1. The molecule has 0 bridgehead atoms. The van der Waals surface area contributed by atoms with Crippen LogP contribution >= 0.6 is 23.2 Å². The fraction of sp³-hybridized carbons (Fsp3) is 0.524. The maximum absolute atomic E-state index is 13.0. The highest BCUT2D eigenvalue weighted by Gasteiger charge is 2.28. The molecule has 1 aliphatic rings. The van der Waals surface area contributed by atoms with Crippen LogP contribution in [-0.2, 0) is 4.79 Å². The molecule has 1 atom stereocenters. The van der Waals surface area contributed by atoms with Gasteiger partial charge < -0.3 is 14.5 Å². The Bertz CT molecular complexity index is 804. The van der Waals surface area contributed by atoms with Crippen molar-refractivity contribution in [1.29, 1.82) is 0 Å². The average Bonchev–Trinajstić information content (AvgIpc) is 2.76. The number of amidine groups is 1. The number of nitrogens with two attached hydrogens (primary N) is 1. The Kier molecular flexibility index (Phi) is 9.74. The highest BCUT2D eigenvalue weighted by molar-refractivity contribution is 6.32. The van der Waals surface area contributed by atoms with Crippen molar-refractivity contribution in [3.05, 3.63) is 35.5 Å². The summed E-state index contributed by atoms with van der Waals surface area (Å²) in [5, 5.41) is 8.09. The maximum Gasteiger partial charge on any atom is 0.244 e. The van der Waals surface area contributed by atoms with E-state index in [4.69, 9.17) is 33.8 Å². The summed E-state index contributed by atoms with van der Waals surface area (Å²) in [4.78, 5) is 17.1. The number of hydrogen-bond donors (Lipinski definition) is 1. The molecule has 1 saturated heterocycles. The molecule has 2 rings (SSSR count). The quantitative estimate of drug-likeness (QED) is 0.207. The number of amides is 1. The third-order valence-corrected chi connectivity index (χ3v) is 5.67. The Hall–Kier alpha value is -2.16. The monoisotopic (exact) mass is 470 g/mol. The Labute approximate surface area is 194 Å². The smallest absolute Gasteiger partial charge is 0.244 e. The molecule has 0 aromatic heterocycles. The van der Waals surface area contributed by atoms with Gasteiger partial charge >= 0.3 is 0 Å². The number of hydrazone groups is 1. The summed E-state index contributed by atoms with van der Waals surface area (Å²) in [6, 6.07) is 5.78. The van der Waals surface area contributed by atoms with Gasteiger partial charge in [0.15, 0.2) is 5.84 Å². The molecule has 0 aliphatic carbocycles. The van der Waals surface area contributed by atoms with Crippen LogP contribution in [-0.4, -0.2) is 78.4 Å². The number of hydrogen-bond acceptors (Lipinski definition) is 6. The van der Waals surface area contributed by atoms with Crippen LogP contribution in [0, 0.1) is 0 Å². The summed E-state index contributed by atoms with van der Waals surface area (Å²) >= 11 is 12.1. The van der Waals surface area contributed by atoms with Gasteiger partial charge in [-0.15, -0.1) is 11.6 Å². The van der Waals surface area contributed by atoms with Crippen LogP contribution in [0.1, 0.15) is 20.8 Å². The minimum Gasteiger partial charge on any atom is -0.495 e. The van der Waals surface area contributed by atoms with Crippen molar-refractivity contribution < 1.29 is 9.53 Å². The standard InChI is InChI=1S/C21H32Cl2N6O2/c1-5-9-29(24)20(13-22)25-27(6-2)15-21(30)28-11-10-26(14-16(28)3)17-7-8-18(23)19(12-17)31-4/h5,7-9,12,16H,6,10-11,13-15,24H2,1-4H3/b9-5-,25-20+. The Balaban J connectivity index is 2.03. The third kappa shape index (κ3) is 6.66. The second-order valence-corrected chi connectivity index (χ2v) is 7.90. The first-order chi connectivity index (χ1) is 14.8. The molecule has 8 nitrogen and oxygen atoms in total. The van der Waals surface area contributed by atoms with E-state index in [1.165, 1.54) is 5.01 Å². The number of rotatable bonds is 8. The molecule has 1 amide bonds. The zero-order chi connectivity index (χ0) is 23.0. The molecule has 1 aromatic rings. The number of anilines is 1. The van der Waals surface area contributed by atoms with Crippen LogP contribution < -0.4 is 15.5 Å². The van der Waals surface area contributed by atoms with Crippen LogP contribution in [0.5, 0.6) is 5.75 Å². The number of piperazine rings is 1. The molecule has 1 unspecified atom stereocenters. The number of likely N-dealkylation sites (N-methyl/N-ethyl adjacent to an activating group) is 1. The van der Waals surface area contributed by atoms with Crippen molar-refractivity contribution in [2.24, 2.45) is 10.9 Å². The zero-order valence-corrected chi connectivity index (χ0v) is 20.1. The molecule has 1 aliphatic heterocycles. The predicted octanol–water partition coefficient (Wildman–Crippen LogP) is 2.97. The summed E-state index contributed by atoms with van der Waals surface area (Å²) in [5.41, 5.74) is 1.03. The van der Waals surface area contributed by atoms with E-state index in [0.29, 0.717) is 29.7 Å². The van der Waals surface area contributed by atoms with E-state index in [1.54, 1.807) is 24.4 Å². The van der Waals surface area contributed by atoms with Gasteiger partial charge in [0, 0.05) is 50.2 Å². The van der Waals surface area contributed by atoms with Crippen LogP contribution in [0.25, 0.3) is 0 Å². The van der Waals surface area contributed by atoms with E-state index in [-0.39, 0.29) is 24.4 Å². The van der Waals surface area contributed by atoms with Crippen molar-refractivity contribution in [2.75, 3.05) is 50.6 Å². The van der Waals surface area contributed by atoms with Gasteiger partial charge in [-0.1, -0.05) is 17.7 Å². The summed E-state index contributed by atoms with van der Waals surface area (Å²) in [7, 11) is 1.60. The summed E-state index contributed by atoms with van der Waals surface area (Å²) < 4.78 is 5.32. The van der Waals surface area contributed by atoms with Gasteiger partial charge in [0.05, 0.1) is 18.0 Å². The normalized spacial score (nSPS) is 17.3. The van der Waals surface area contributed by atoms with Gasteiger partial charge in [-0.25, -0.2) is 5.84 Å². The first-order valence-electron chi connectivity index (χ1n) is 10.3. The number of ether oxygens (including phenoxy) is 1. The predicted molar refractivity (Wildman–Crippen MR) is 128 cm³/mol. The van der Waals surface area contributed by atoms with E-state index in [1.807, 2.05) is 36.9 Å². The highest BCUT2D eigenvalue weighted by Crippen LogP contribution is 2.30. The van der Waals surface area contributed by atoms with Gasteiger partial charge in [-0.2, -0.15) is 5.10 Å². The molecule has 31 heavy (non-hydrogen) atoms. The largest absolute Gasteiger partial charge is 0.495 e. The van der Waals surface area contributed by atoms with Crippen LogP contribution in [0.3, 0.4) is 0 Å². The van der Waals surface area contributed by atoms with E-state index in [9.17, 15) is 4.79 Å². The van der Waals surface area contributed by atoms with Gasteiger partial charge in [0.25, 0.3) is 0 Å². The lowest BCUT2D eigenvalue weighted by Gasteiger charge is -2.41. The lowest BCUT2D eigenvalue weighted by atomic mass is 10.1. The van der Waals surface area contributed by atoms with Crippen LogP contribution in [0.15, 0.2) is 35.6 Å². The second kappa shape index (κ2) is 12.0. The number of alkyl halides is 1. The summed E-state index contributed by atoms with van der Waals surface area (Å²) in [5.74, 6) is 7.21. The van der Waals surface area contributed by atoms with Gasteiger partial charge in [-0.3, -0.25) is 14.8 Å². The van der Waals surface area contributed by atoms with Crippen LogP contribution in [0.4, 0.5) is 5.69 Å². The number of allylic oxidation sites excluding steroid dienone is 1. The van der Waals surface area contributed by atoms with Crippen molar-refractivity contribution in [3.63, 3.8) is 0 Å². The SMILES string of the molecule is C/C=C\N(N)/C(CCl)=N/N(CC)CC(=O)N1CCN(c2ccc(Cl)c(OC)c2)CC1C. The fourth-order valence-electron chi connectivity index (χ4n) is 3.43. The van der Waals surface area contributed by atoms with Crippen molar-refractivity contribution >= 4 is 40.6 Å². The number of carbonyl (C=O) groups excluding carboxylic acids is 1. The van der Waals surface area contributed by atoms with Gasteiger partial charge in [0.2, 0.25) is 5.91 Å². The molecule has 1 heterocycles. The van der Waals surface area contributed by atoms with Crippen molar-refractivity contribution in [1.82, 2.24) is 14.9 Å². The molecule has 0 radical (unpaired) electrons. The third-order valence-electron chi connectivity index (χ3n) is 5.11. The molecular weight excluding hydrogens is 439 g/mol. The van der Waals surface area contributed by atoms with Gasteiger partial charge in [-0.05, 0) is 32.9 Å². The van der Waals surface area contributed by atoms with E-state index in [2.05, 4.69) is 16.9 Å². The minimum atomic E-state index is 0.0231. The number of methoxy groups -OCH3 is 1. The lowest BCUT2D eigenvalue weighted by molar-refractivity contribution is -0.134. The number of nitrogens with zero attached hydrogens (tertiary/aromatic N) is 5. The molecule has 10 heteroatoms. The maximum atomic E-state index is 13.0. The number of carbonyl (C=O) groups is 1. The fourth-order valence-corrected chi connectivity index (χ4v) is 3.82. The summed E-state index contributed by atoms with van der Waals surface area (Å²) in [6.07, 6.45) is 3.46. The number of benzene rings is 1. The molecule has 1 fully saturated rings. The molecule has 0 spiro atoms. The Morgan fingerprint density at radius 2 is 2.16 bits per heavy atom. The van der Waals surface area contributed by atoms with E-state index in [0.717, 1.165) is 18.8 Å². The molecule has 1 aromatic carbocycles. The highest BCUT2D eigenvalue weighted by atomic mass is 35.5. The molecular formula is C21H32Cl2N6O2. The summed E-state index contributed by atoms with van der Waals surface area (Å²) in [6.45, 7) is 8.64. The second-order valence-electron chi connectivity index (χ2n) is 7.22. The molecule has 0 saturated carbocycles. The first-order valence-corrected chi connectivity index (χ1v) is 11.2. The Morgan fingerprint density at radius 3 is 2.74 bits per heavy atom. The van der Waals surface area contributed by atoms with Crippen LogP contribution in [0.2, 0.25) is 5.02 Å². The number of halogens is 2. The molecule has 2 N–H and O–H groups in total. The lowest BCUT2D eigenvalue weighted by Crippen LogP contribution is -2.55. The van der Waals surface area contributed by atoms with Gasteiger partial charge in [0.1, 0.15) is 12.3 Å². The van der Waals surface area contributed by atoms with Crippen molar-refractivity contribution in [2.45, 2.75) is 26.8 Å². The zero-order valence-electron chi connectivity index (χ0n) is 18.6. The average molecular weight is 471 g/mol. The Morgan fingerprint density at radius 1 is 1.42 bits per heavy atom. The van der Waals surface area contributed by atoms with E-state index >= 15 is 0 Å². The molecule has 172 valence electrons. The van der Waals surface area contributed by atoms with Crippen molar-refractivity contribution in [3.8, 4) is 5.75 Å². The first kappa shape index (κ1) is 25.1. The minimum absolute atomic E-state index is 0.0231.